The molecule has 0 atom stereocenters. The molecule has 0 saturated heterocycles. The van der Waals surface area contributed by atoms with E-state index in [2.05, 4.69) is 9.31 Å². The summed E-state index contributed by atoms with van der Waals surface area (Å²) >= 11 is 0. The van der Waals surface area contributed by atoms with Crippen LogP contribution < -0.4 is 0 Å². The summed E-state index contributed by atoms with van der Waals surface area (Å²) in [7, 11) is -0.325. The highest BCUT2D eigenvalue weighted by Gasteiger charge is 2.37. The van der Waals surface area contributed by atoms with Crippen LogP contribution in [0.15, 0.2) is 71.8 Å². The molecule has 2 aliphatic rings. The largest absolute Gasteiger partial charge is 0.725 e. The lowest BCUT2D eigenvalue weighted by molar-refractivity contribution is -0.462. The maximum atomic E-state index is 13.5. The molecule has 1 heterocycles. The van der Waals surface area contributed by atoms with E-state index in [9.17, 15) is 8.63 Å². The first-order valence-electron chi connectivity index (χ1n) is 8.33. The van der Waals surface area contributed by atoms with Crippen LogP contribution in [0.2, 0.25) is 0 Å². The van der Waals surface area contributed by atoms with Gasteiger partial charge in [-0.2, -0.15) is 0 Å². The molecule has 6 heteroatoms. The first-order chi connectivity index (χ1) is 11.7. The molecule has 134 valence electrons. The fourth-order valence-corrected chi connectivity index (χ4v) is 2.38. The van der Waals surface area contributed by atoms with Crippen LogP contribution in [0.4, 0.5) is 8.63 Å². The Morgan fingerprint density at radius 1 is 1.04 bits per heavy atom. The second-order valence-electron chi connectivity index (χ2n) is 6.59. The Balaban J connectivity index is 2.06. The van der Waals surface area contributed by atoms with E-state index in [0.717, 1.165) is 11.3 Å². The third-order valence-corrected chi connectivity index (χ3v) is 3.54. The van der Waals surface area contributed by atoms with Gasteiger partial charge in [-0.15, -0.1) is 0 Å². The van der Waals surface area contributed by atoms with Crippen molar-refractivity contribution in [3.05, 3.63) is 71.8 Å². The maximum Gasteiger partial charge on any atom is 0.725 e. The number of hydrogen-bond acceptors (Lipinski definition) is 2. The first kappa shape index (κ1) is 19.0. The zero-order chi connectivity index (χ0) is 18.4. The van der Waals surface area contributed by atoms with Crippen LogP contribution in [-0.2, 0) is 9.31 Å². The molecule has 2 rings (SSSR count). The Bertz CT molecular complexity index is 704. The van der Waals surface area contributed by atoms with Gasteiger partial charge in [0, 0.05) is 24.6 Å². The quantitative estimate of drug-likeness (QED) is 0.550. The van der Waals surface area contributed by atoms with Crippen LogP contribution in [-0.4, -0.2) is 31.5 Å². The number of hydrogen-bond donors (Lipinski definition) is 0. The zero-order valence-electron chi connectivity index (χ0n) is 15.1. The molecule has 0 fully saturated rings. The van der Waals surface area contributed by atoms with Gasteiger partial charge in [-0.1, -0.05) is 32.1 Å². The molecule has 0 N–H and O–H groups in total. The molecule has 0 saturated carbocycles. The molecular weight excluding hydrogens is 323 g/mol. The monoisotopic (exact) mass is 347 g/mol. The van der Waals surface area contributed by atoms with E-state index in [1.54, 1.807) is 12.2 Å². The lowest BCUT2D eigenvalue weighted by atomic mass is 10.0. The fourth-order valence-electron chi connectivity index (χ4n) is 2.38. The summed E-state index contributed by atoms with van der Waals surface area (Å²) in [6, 6.07) is 0. The summed E-state index contributed by atoms with van der Waals surface area (Å²) in [5, 5.41) is 0. The summed E-state index contributed by atoms with van der Waals surface area (Å²) in [4.78, 5) is 0. The summed E-state index contributed by atoms with van der Waals surface area (Å²) < 4.78 is 38.3. The molecule has 0 unspecified atom stereocenters. The van der Waals surface area contributed by atoms with Gasteiger partial charge in [-0.05, 0) is 29.7 Å². The Labute approximate surface area is 148 Å². The van der Waals surface area contributed by atoms with Crippen molar-refractivity contribution in [3.63, 3.8) is 0 Å². The average molecular weight is 347 g/mol. The molecule has 1 aliphatic carbocycles. The van der Waals surface area contributed by atoms with Crippen LogP contribution in [0.5, 0.6) is 0 Å². The van der Waals surface area contributed by atoms with Gasteiger partial charge in [-0.25, -0.2) is 4.58 Å². The van der Waals surface area contributed by atoms with E-state index in [1.165, 1.54) is 12.2 Å². The van der Waals surface area contributed by atoms with Gasteiger partial charge in [0.2, 0.25) is 0 Å². The van der Waals surface area contributed by atoms with Crippen LogP contribution >= 0.6 is 0 Å². The molecule has 0 amide bonds. The highest BCUT2D eigenvalue weighted by Crippen LogP contribution is 2.29. The standard InChI is InChI=1S/C19H24BF2NO2/c1-15(2)13-19-14-18(24-20(21,22)25-19)8-6-5-7-16-9-11-17(12-10-16)23(3)4/h5-12,14-15H,13H2,1-4H3/b6-5+,18-8-. The zero-order valence-corrected chi connectivity index (χ0v) is 15.1. The van der Waals surface area contributed by atoms with E-state index in [4.69, 9.17) is 0 Å². The van der Waals surface area contributed by atoms with Crippen molar-refractivity contribution in [2.45, 2.75) is 20.3 Å². The normalized spacial score (nSPS) is 20.8. The molecule has 0 bridgehead atoms. The smallest absolute Gasteiger partial charge is 0.630 e. The van der Waals surface area contributed by atoms with Gasteiger partial charge in [0.25, 0.3) is 0 Å². The molecule has 0 aromatic rings. The molecule has 1 aliphatic heterocycles. The molecule has 25 heavy (non-hydrogen) atoms. The molecule has 0 aromatic carbocycles. The molecule has 3 nitrogen and oxygen atoms in total. The van der Waals surface area contributed by atoms with Crippen molar-refractivity contribution in [3.8, 4) is 0 Å². The number of nitrogens with zero attached hydrogens (tertiary/aromatic N) is 1. The van der Waals surface area contributed by atoms with E-state index in [-0.39, 0.29) is 17.4 Å². The van der Waals surface area contributed by atoms with Crippen molar-refractivity contribution in [1.82, 2.24) is 0 Å². The van der Waals surface area contributed by atoms with Crippen LogP contribution in [0, 0.1) is 5.92 Å². The number of allylic oxidation sites excluding steroid dienone is 11. The van der Waals surface area contributed by atoms with Crippen LogP contribution in [0.1, 0.15) is 20.3 Å². The van der Waals surface area contributed by atoms with E-state index in [0.29, 0.717) is 6.42 Å². The van der Waals surface area contributed by atoms with Gasteiger partial charge in [0.15, 0.2) is 5.71 Å². The van der Waals surface area contributed by atoms with Crippen LogP contribution in [0.25, 0.3) is 0 Å². The van der Waals surface area contributed by atoms with Gasteiger partial charge >= 0.3 is 7.11 Å². The topological polar surface area (TPSA) is 21.5 Å². The second-order valence-corrected chi connectivity index (χ2v) is 6.59. The third-order valence-electron chi connectivity index (χ3n) is 3.54. The van der Waals surface area contributed by atoms with Crippen molar-refractivity contribution in [2.24, 2.45) is 5.92 Å². The Morgan fingerprint density at radius 2 is 1.68 bits per heavy atom. The average Bonchev–Trinajstić information content (AvgIpc) is 2.50. The lowest BCUT2D eigenvalue weighted by Crippen LogP contribution is -2.34. The summed E-state index contributed by atoms with van der Waals surface area (Å²) in [6.07, 6.45) is 16.9. The fraction of sp³-hybridized carbons (Fsp3) is 0.316. The van der Waals surface area contributed by atoms with E-state index >= 15 is 0 Å². The van der Waals surface area contributed by atoms with Crippen molar-refractivity contribution in [2.75, 3.05) is 14.1 Å². The van der Waals surface area contributed by atoms with Gasteiger partial charge in [0.05, 0.1) is 11.5 Å². The minimum absolute atomic E-state index is 0.111. The molecule has 0 radical (unpaired) electrons. The SMILES string of the molecule is CC(C)CC1=C/C(=C/C=C/C=C2C=CC(=[N+](C)C)C=C2)O[B-](F)(F)O1. The molecular formula is C19H24BF2NO2. The van der Waals surface area contributed by atoms with Gasteiger partial charge in [0.1, 0.15) is 14.1 Å². The van der Waals surface area contributed by atoms with Crippen molar-refractivity contribution >= 4 is 12.8 Å². The molecule has 0 aromatic heterocycles. The van der Waals surface area contributed by atoms with Gasteiger partial charge in [-0.3, -0.25) is 0 Å². The van der Waals surface area contributed by atoms with E-state index < -0.39 is 7.11 Å². The Kier molecular flexibility index (Phi) is 6.18. The van der Waals surface area contributed by atoms with Crippen molar-refractivity contribution in [1.29, 1.82) is 0 Å². The highest BCUT2D eigenvalue weighted by molar-refractivity contribution is 6.52. The van der Waals surface area contributed by atoms with Crippen molar-refractivity contribution < 1.29 is 22.5 Å². The minimum Gasteiger partial charge on any atom is -0.630 e. The summed E-state index contributed by atoms with van der Waals surface area (Å²) in [6.45, 7) is 3.90. The number of halogens is 2. The summed E-state index contributed by atoms with van der Waals surface area (Å²) in [5.74, 6) is 0.597. The molecule has 0 spiro atoms. The first-order valence-corrected chi connectivity index (χ1v) is 8.33. The Morgan fingerprint density at radius 3 is 2.28 bits per heavy atom. The predicted molar refractivity (Wildman–Crippen MR) is 98.4 cm³/mol. The number of rotatable bonds is 4. The summed E-state index contributed by atoms with van der Waals surface area (Å²) in [5.41, 5.74) is 2.14. The maximum absolute atomic E-state index is 13.5. The highest BCUT2D eigenvalue weighted by atomic mass is 19.3. The van der Waals surface area contributed by atoms with Crippen LogP contribution in [0.3, 0.4) is 0 Å². The van der Waals surface area contributed by atoms with E-state index in [1.807, 2.05) is 62.9 Å². The Hall–Kier alpha value is -2.37. The third kappa shape index (κ3) is 6.21. The second kappa shape index (κ2) is 8.14. The minimum atomic E-state index is -4.29. The van der Waals surface area contributed by atoms with Gasteiger partial charge < -0.3 is 17.9 Å². The predicted octanol–water partition coefficient (Wildman–Crippen LogP) is 4.54. The lowest BCUT2D eigenvalue weighted by Gasteiger charge is -2.35.